The molecule has 3 aromatic rings. The van der Waals surface area contributed by atoms with E-state index in [1.165, 1.54) is 0 Å². The number of piperidine rings is 1. The lowest BCUT2D eigenvalue weighted by atomic mass is 10.0. The highest BCUT2D eigenvalue weighted by Gasteiger charge is 2.22. The van der Waals surface area contributed by atoms with Crippen molar-refractivity contribution in [1.82, 2.24) is 15.0 Å². The number of hydrogen-bond acceptors (Lipinski definition) is 6. The predicted octanol–water partition coefficient (Wildman–Crippen LogP) is 2.64. The molecule has 8 nitrogen and oxygen atoms in total. The molecule has 1 saturated heterocycles. The van der Waals surface area contributed by atoms with Crippen LogP contribution in [0.15, 0.2) is 30.5 Å². The van der Waals surface area contributed by atoms with E-state index in [1.54, 1.807) is 12.3 Å². The van der Waals surface area contributed by atoms with Gasteiger partial charge in [-0.05, 0) is 43.5 Å². The molecule has 3 heterocycles. The third kappa shape index (κ3) is 3.43. The fourth-order valence-corrected chi connectivity index (χ4v) is 3.41. The van der Waals surface area contributed by atoms with Crippen molar-refractivity contribution in [2.75, 3.05) is 23.3 Å². The Morgan fingerprint density at radius 1 is 1.37 bits per heavy atom. The van der Waals surface area contributed by atoms with Gasteiger partial charge in [-0.1, -0.05) is 6.07 Å². The number of anilines is 3. The molecular formula is C19H22N6O2. The van der Waals surface area contributed by atoms with E-state index in [1.807, 2.05) is 25.1 Å². The number of imidazole rings is 1. The maximum absolute atomic E-state index is 11.8. The number of nitrogens with two attached hydrogens (primary N) is 1. The Balaban J connectivity index is 1.71. The van der Waals surface area contributed by atoms with Gasteiger partial charge < -0.3 is 26.0 Å². The minimum Gasteiger partial charge on any atom is -0.478 e. The summed E-state index contributed by atoms with van der Waals surface area (Å²) >= 11 is 0. The second kappa shape index (κ2) is 6.88. The standard InChI is InChI=1S/C19H22N6O2/c1-11-3-2-6-21-17(11)24-19-22-14-9-13(18(26)27)16(10-15(14)23-19)25-7-4-12(20)5-8-25/h2-3,6,9-10,12H,4-5,7-8,20H2,1H3,(H,26,27)(H2,21,22,23,24). The minimum atomic E-state index is -0.958. The Hall–Kier alpha value is -3.13. The summed E-state index contributed by atoms with van der Waals surface area (Å²) in [5.74, 6) is 0.279. The van der Waals surface area contributed by atoms with Crippen molar-refractivity contribution in [3.63, 3.8) is 0 Å². The number of pyridine rings is 1. The second-order valence-corrected chi connectivity index (χ2v) is 6.90. The molecule has 1 aliphatic heterocycles. The molecule has 140 valence electrons. The molecule has 5 N–H and O–H groups in total. The normalized spacial score (nSPS) is 15.3. The number of aromatic nitrogens is 3. The summed E-state index contributed by atoms with van der Waals surface area (Å²) in [6.45, 7) is 3.46. The molecule has 0 amide bonds. The van der Waals surface area contributed by atoms with Gasteiger partial charge in [0.1, 0.15) is 5.82 Å². The zero-order valence-corrected chi connectivity index (χ0v) is 15.1. The first-order chi connectivity index (χ1) is 13.0. The van der Waals surface area contributed by atoms with Gasteiger partial charge in [0.15, 0.2) is 0 Å². The fraction of sp³-hybridized carbons (Fsp3) is 0.316. The average Bonchev–Trinajstić information content (AvgIpc) is 3.04. The number of carboxylic acid groups (broad SMARTS) is 1. The molecule has 27 heavy (non-hydrogen) atoms. The molecule has 0 aliphatic carbocycles. The van der Waals surface area contributed by atoms with E-state index >= 15 is 0 Å². The topological polar surface area (TPSA) is 120 Å². The van der Waals surface area contributed by atoms with Gasteiger partial charge in [-0.15, -0.1) is 0 Å². The molecule has 2 aromatic heterocycles. The summed E-state index contributed by atoms with van der Waals surface area (Å²) < 4.78 is 0. The van der Waals surface area contributed by atoms with Gasteiger partial charge in [-0.25, -0.2) is 14.8 Å². The quantitative estimate of drug-likeness (QED) is 0.560. The van der Waals surface area contributed by atoms with E-state index in [9.17, 15) is 9.90 Å². The van der Waals surface area contributed by atoms with Gasteiger partial charge >= 0.3 is 5.97 Å². The first kappa shape index (κ1) is 17.3. The summed E-state index contributed by atoms with van der Waals surface area (Å²) in [5.41, 5.74) is 9.31. The number of benzene rings is 1. The van der Waals surface area contributed by atoms with Crippen molar-refractivity contribution in [3.8, 4) is 0 Å². The van der Waals surface area contributed by atoms with Gasteiger partial charge in [0.2, 0.25) is 5.95 Å². The fourth-order valence-electron chi connectivity index (χ4n) is 3.41. The van der Waals surface area contributed by atoms with Crippen molar-refractivity contribution in [3.05, 3.63) is 41.6 Å². The van der Waals surface area contributed by atoms with Crippen LogP contribution >= 0.6 is 0 Å². The molecule has 8 heteroatoms. The van der Waals surface area contributed by atoms with Gasteiger partial charge in [0.05, 0.1) is 22.3 Å². The summed E-state index contributed by atoms with van der Waals surface area (Å²) in [6.07, 6.45) is 3.41. The van der Waals surface area contributed by atoms with Crippen LogP contribution in [-0.2, 0) is 0 Å². The van der Waals surface area contributed by atoms with E-state index in [-0.39, 0.29) is 11.6 Å². The number of nitrogens with one attached hydrogen (secondary N) is 2. The van der Waals surface area contributed by atoms with Crippen LogP contribution in [-0.4, -0.2) is 45.2 Å². The number of carbonyl (C=O) groups is 1. The molecule has 0 saturated carbocycles. The second-order valence-electron chi connectivity index (χ2n) is 6.90. The van der Waals surface area contributed by atoms with Gasteiger partial charge in [0, 0.05) is 25.3 Å². The van der Waals surface area contributed by atoms with Gasteiger partial charge in [-0.2, -0.15) is 0 Å². The lowest BCUT2D eigenvalue weighted by molar-refractivity contribution is 0.0697. The first-order valence-electron chi connectivity index (χ1n) is 8.97. The van der Waals surface area contributed by atoms with Crippen LogP contribution in [0.25, 0.3) is 11.0 Å². The zero-order valence-electron chi connectivity index (χ0n) is 15.1. The van der Waals surface area contributed by atoms with Crippen molar-refractivity contribution < 1.29 is 9.90 Å². The van der Waals surface area contributed by atoms with Crippen LogP contribution in [0.4, 0.5) is 17.5 Å². The Kier molecular flexibility index (Phi) is 4.41. The maximum Gasteiger partial charge on any atom is 0.337 e. The number of nitrogens with zero attached hydrogens (tertiary/aromatic N) is 3. The summed E-state index contributed by atoms with van der Waals surface area (Å²) in [7, 11) is 0. The zero-order chi connectivity index (χ0) is 19.0. The minimum absolute atomic E-state index is 0.183. The Bertz CT molecular complexity index is 991. The third-order valence-electron chi connectivity index (χ3n) is 4.96. The molecule has 4 rings (SSSR count). The smallest absolute Gasteiger partial charge is 0.337 e. The predicted molar refractivity (Wildman–Crippen MR) is 105 cm³/mol. The molecule has 0 unspecified atom stereocenters. The molecule has 0 spiro atoms. The van der Waals surface area contributed by atoms with E-state index in [4.69, 9.17) is 5.73 Å². The van der Waals surface area contributed by atoms with Crippen molar-refractivity contribution in [2.45, 2.75) is 25.8 Å². The van der Waals surface area contributed by atoms with Crippen LogP contribution in [0.3, 0.4) is 0 Å². The summed E-state index contributed by atoms with van der Waals surface area (Å²) in [4.78, 5) is 25.9. The molecule has 1 fully saturated rings. The van der Waals surface area contributed by atoms with Crippen molar-refractivity contribution >= 4 is 34.5 Å². The molecule has 1 aliphatic rings. The maximum atomic E-state index is 11.8. The van der Waals surface area contributed by atoms with E-state index in [2.05, 4.69) is 25.2 Å². The monoisotopic (exact) mass is 366 g/mol. The Morgan fingerprint density at radius 3 is 2.85 bits per heavy atom. The van der Waals surface area contributed by atoms with Gasteiger partial charge in [-0.3, -0.25) is 0 Å². The van der Waals surface area contributed by atoms with Crippen LogP contribution in [0, 0.1) is 6.92 Å². The highest BCUT2D eigenvalue weighted by molar-refractivity contribution is 6.00. The van der Waals surface area contributed by atoms with Crippen molar-refractivity contribution in [1.29, 1.82) is 0 Å². The van der Waals surface area contributed by atoms with Crippen LogP contribution in [0.2, 0.25) is 0 Å². The SMILES string of the molecule is Cc1cccnc1Nc1nc2cc(C(=O)O)c(N3CCC(N)CC3)cc2[nH]1. The van der Waals surface area contributed by atoms with E-state index in [0.29, 0.717) is 23.0 Å². The molecule has 0 bridgehead atoms. The van der Waals surface area contributed by atoms with E-state index < -0.39 is 5.97 Å². The number of hydrogen-bond donors (Lipinski definition) is 4. The largest absolute Gasteiger partial charge is 0.478 e. The highest BCUT2D eigenvalue weighted by Crippen LogP contribution is 2.30. The Labute approximate surface area is 156 Å². The number of fused-ring (bicyclic) bond motifs is 1. The first-order valence-corrected chi connectivity index (χ1v) is 8.97. The lowest BCUT2D eigenvalue weighted by Crippen LogP contribution is -2.40. The summed E-state index contributed by atoms with van der Waals surface area (Å²) in [5, 5.41) is 12.8. The number of carboxylic acids is 1. The third-order valence-corrected chi connectivity index (χ3v) is 4.96. The van der Waals surface area contributed by atoms with E-state index in [0.717, 1.165) is 37.0 Å². The highest BCUT2D eigenvalue weighted by atomic mass is 16.4. The van der Waals surface area contributed by atoms with Crippen LogP contribution in [0.1, 0.15) is 28.8 Å². The average molecular weight is 366 g/mol. The van der Waals surface area contributed by atoms with Crippen molar-refractivity contribution in [2.24, 2.45) is 5.73 Å². The summed E-state index contributed by atoms with van der Waals surface area (Å²) in [6, 6.07) is 7.49. The molecule has 0 radical (unpaired) electrons. The molecule has 1 aromatic carbocycles. The number of H-pyrrole nitrogens is 1. The van der Waals surface area contributed by atoms with Crippen LogP contribution in [0.5, 0.6) is 0 Å². The number of aromatic carboxylic acids is 1. The number of aryl methyl sites for hydroxylation is 1. The number of rotatable bonds is 4. The van der Waals surface area contributed by atoms with Gasteiger partial charge in [0.25, 0.3) is 0 Å². The molecular weight excluding hydrogens is 344 g/mol. The van der Waals surface area contributed by atoms with Crippen LogP contribution < -0.4 is 16.0 Å². The lowest BCUT2D eigenvalue weighted by Gasteiger charge is -2.32. The molecule has 0 atom stereocenters. The Morgan fingerprint density at radius 2 is 2.15 bits per heavy atom. The number of aromatic amines is 1.